The molecule has 1 saturated heterocycles. The number of nitrogens with zero attached hydrogens (tertiary/aromatic N) is 4. The van der Waals surface area contributed by atoms with Crippen LogP contribution in [0.3, 0.4) is 0 Å². The minimum absolute atomic E-state index is 0.0465. The Morgan fingerprint density at radius 1 is 0.607 bits per heavy atom. The molecule has 8 rings (SSSR count). The lowest BCUT2D eigenvalue weighted by Crippen LogP contribution is -2.50. The smallest absolute Gasteiger partial charge is 0.321 e. The van der Waals surface area contributed by atoms with Crippen LogP contribution in [0.25, 0.3) is 22.1 Å². The Morgan fingerprint density at radius 3 is 1.64 bits per heavy atom. The van der Waals surface area contributed by atoms with Gasteiger partial charge < -0.3 is 30.0 Å². The third-order valence-corrected chi connectivity index (χ3v) is 11.4. The molecule has 5 aromatic carbocycles. The number of imidazole rings is 2. The lowest BCUT2D eigenvalue weighted by atomic mass is 9.91. The zero-order chi connectivity index (χ0) is 42.3. The largest absolute Gasteiger partial charge is 0.388 e. The molecule has 0 spiro atoms. The second kappa shape index (κ2) is 18.6. The van der Waals surface area contributed by atoms with E-state index in [1.54, 1.807) is 46.2 Å². The van der Waals surface area contributed by atoms with Gasteiger partial charge in [0.25, 0.3) is 11.8 Å². The number of anilines is 2. The highest BCUT2D eigenvalue weighted by atomic mass is 16.3. The summed E-state index contributed by atoms with van der Waals surface area (Å²) in [4.78, 5) is 60.9. The molecule has 0 saturated carbocycles. The third-order valence-electron chi connectivity index (χ3n) is 11.4. The average molecular weight is 819 g/mol. The first-order valence-electron chi connectivity index (χ1n) is 20.9. The van der Waals surface area contributed by atoms with Crippen LogP contribution in [0.15, 0.2) is 127 Å². The van der Waals surface area contributed by atoms with Crippen molar-refractivity contribution in [3.8, 4) is 0 Å². The molecule has 61 heavy (non-hydrogen) atoms. The number of nitrogens with one attached hydrogen (secondary N) is 4. The number of H-pyrrole nitrogens is 2. The number of fused-ring (bicyclic) bond motifs is 2. The molecule has 0 aliphatic carbocycles. The number of para-hydroxylation sites is 4. The van der Waals surface area contributed by atoms with Gasteiger partial charge in [-0.05, 0) is 78.1 Å². The molecule has 312 valence electrons. The van der Waals surface area contributed by atoms with Crippen LogP contribution in [-0.4, -0.2) is 82.1 Å². The van der Waals surface area contributed by atoms with Crippen LogP contribution < -0.4 is 10.6 Å². The predicted molar refractivity (Wildman–Crippen MR) is 236 cm³/mol. The molecule has 6 N–H and O–H groups in total. The van der Waals surface area contributed by atoms with Crippen LogP contribution in [0.5, 0.6) is 0 Å². The normalized spacial score (nSPS) is 18.0. The number of rotatable bonds is 15. The molecule has 0 bridgehead atoms. The van der Waals surface area contributed by atoms with Crippen molar-refractivity contribution in [2.75, 3.05) is 10.6 Å². The summed E-state index contributed by atoms with van der Waals surface area (Å²) in [5.41, 5.74) is 6.01. The highest BCUT2D eigenvalue weighted by Gasteiger charge is 2.46. The van der Waals surface area contributed by atoms with Gasteiger partial charge in [0.05, 0.1) is 34.2 Å². The van der Waals surface area contributed by atoms with E-state index in [1.807, 2.05) is 91.0 Å². The van der Waals surface area contributed by atoms with E-state index in [2.05, 4.69) is 37.5 Å². The number of carbonyl (C=O) groups excluding carboxylic acids is 3. The van der Waals surface area contributed by atoms with E-state index in [1.165, 1.54) is 0 Å². The average Bonchev–Trinajstić information content (AvgIpc) is 3.88. The summed E-state index contributed by atoms with van der Waals surface area (Å²) in [6, 6.07) is 36.8. The Hall–Kier alpha value is -6.83. The standard InChI is InChI=1S/C48H50N8O5/c1-2-3-4-8-25-40-42(57)43(58)41(28-31-15-6-5-7-16-31)56(30-33-18-14-20-35(27-33)45(60)54-47-51-38-23-11-12-24-39(38)52-47)48(61)55(40)29-32-17-13-19-34(26-32)44(59)53-46-49-36-21-9-10-22-37(36)50-46/h5-7,9-24,26-27,40-43,57-58H,2-4,8,25,28-30H2,1H3,(H2,49,50,53,59)(H2,51,52,54,60)/t40-,41-,42+,43+/m1/s1. The predicted octanol–water partition coefficient (Wildman–Crippen LogP) is 8.05. The van der Waals surface area contributed by atoms with Gasteiger partial charge in [0.2, 0.25) is 11.9 Å². The number of aromatic amines is 2. The van der Waals surface area contributed by atoms with Crippen molar-refractivity contribution in [3.05, 3.63) is 155 Å². The van der Waals surface area contributed by atoms with E-state index in [0.29, 0.717) is 40.6 Å². The van der Waals surface area contributed by atoms with Crippen molar-refractivity contribution >= 4 is 51.8 Å². The summed E-state index contributed by atoms with van der Waals surface area (Å²) < 4.78 is 0. The fraction of sp³-hybridized carbons (Fsp3) is 0.271. The fourth-order valence-electron chi connectivity index (χ4n) is 8.23. The highest BCUT2D eigenvalue weighted by molar-refractivity contribution is 6.04. The van der Waals surface area contributed by atoms with E-state index in [0.717, 1.165) is 53.3 Å². The maximum atomic E-state index is 15.3. The molecule has 1 fully saturated rings. The quantitative estimate of drug-likeness (QED) is 0.0567. The van der Waals surface area contributed by atoms with Crippen LogP contribution in [0.2, 0.25) is 0 Å². The van der Waals surface area contributed by atoms with Crippen molar-refractivity contribution in [3.63, 3.8) is 0 Å². The Bertz CT molecular complexity index is 2560. The molecule has 3 heterocycles. The maximum Gasteiger partial charge on any atom is 0.321 e. The Labute approximate surface area is 353 Å². The number of hydrogen-bond donors (Lipinski definition) is 6. The molecule has 1 aliphatic rings. The Morgan fingerprint density at radius 2 is 1.10 bits per heavy atom. The lowest BCUT2D eigenvalue weighted by Gasteiger charge is -2.36. The Balaban J connectivity index is 1.10. The van der Waals surface area contributed by atoms with Gasteiger partial charge in [-0.25, -0.2) is 14.8 Å². The van der Waals surface area contributed by atoms with Gasteiger partial charge in [-0.15, -0.1) is 0 Å². The van der Waals surface area contributed by atoms with Gasteiger partial charge in [-0.2, -0.15) is 0 Å². The minimum Gasteiger partial charge on any atom is -0.388 e. The third kappa shape index (κ3) is 9.48. The van der Waals surface area contributed by atoms with Gasteiger partial charge in [-0.1, -0.05) is 111 Å². The van der Waals surface area contributed by atoms with E-state index in [9.17, 15) is 19.8 Å². The molecule has 4 amide bonds. The summed E-state index contributed by atoms with van der Waals surface area (Å²) in [6.45, 7) is 2.24. The molecule has 7 aromatic rings. The molecule has 0 radical (unpaired) electrons. The number of unbranched alkanes of at least 4 members (excludes halogenated alkanes) is 3. The first-order chi connectivity index (χ1) is 29.7. The van der Waals surface area contributed by atoms with Gasteiger partial charge >= 0.3 is 6.03 Å². The molecule has 4 atom stereocenters. The minimum atomic E-state index is -1.30. The summed E-state index contributed by atoms with van der Waals surface area (Å²) in [5, 5.41) is 30.0. The van der Waals surface area contributed by atoms with Crippen molar-refractivity contribution in [2.45, 2.75) is 82.8 Å². The highest BCUT2D eigenvalue weighted by Crippen LogP contribution is 2.31. The van der Waals surface area contributed by atoms with Crippen LogP contribution in [0.4, 0.5) is 16.7 Å². The van der Waals surface area contributed by atoms with Crippen molar-refractivity contribution in [1.29, 1.82) is 0 Å². The van der Waals surface area contributed by atoms with E-state index >= 15 is 4.79 Å². The van der Waals surface area contributed by atoms with Crippen LogP contribution >= 0.6 is 0 Å². The Kier molecular flexibility index (Phi) is 12.5. The topological polar surface area (TPSA) is 180 Å². The zero-order valence-electron chi connectivity index (χ0n) is 34.0. The first-order valence-corrected chi connectivity index (χ1v) is 20.9. The molecule has 13 heteroatoms. The SMILES string of the molecule is CCCCCC[C@@H]1[C@H](O)[C@@H](O)[C@@H](Cc2ccccc2)N(Cc2cccc(C(=O)Nc3nc4ccccc4[nH]3)c2)C(=O)N1Cc1cccc(C(=O)Nc2nc3ccccc3[nH]2)c1. The number of amides is 4. The summed E-state index contributed by atoms with van der Waals surface area (Å²) >= 11 is 0. The van der Waals surface area contributed by atoms with Crippen LogP contribution in [0.1, 0.15) is 76.4 Å². The molecule has 0 unspecified atom stereocenters. The molecule has 2 aromatic heterocycles. The number of aliphatic hydroxyl groups excluding tert-OH is 2. The van der Waals surface area contributed by atoms with E-state index < -0.39 is 24.3 Å². The number of urea groups is 1. The lowest BCUT2D eigenvalue weighted by molar-refractivity contribution is -0.0429. The number of aliphatic hydroxyl groups is 2. The second-order valence-electron chi connectivity index (χ2n) is 15.7. The zero-order valence-corrected chi connectivity index (χ0v) is 34.0. The molecule has 1 aliphatic heterocycles. The second-order valence-corrected chi connectivity index (χ2v) is 15.7. The van der Waals surface area contributed by atoms with Crippen LogP contribution in [-0.2, 0) is 19.5 Å². The number of aromatic nitrogens is 4. The van der Waals surface area contributed by atoms with E-state index in [-0.39, 0.29) is 37.4 Å². The summed E-state index contributed by atoms with van der Waals surface area (Å²) in [6.07, 6.45) is 1.86. The molecule has 13 nitrogen and oxygen atoms in total. The summed E-state index contributed by atoms with van der Waals surface area (Å²) in [7, 11) is 0. The monoisotopic (exact) mass is 818 g/mol. The van der Waals surface area contributed by atoms with Crippen LogP contribution in [0, 0.1) is 0 Å². The summed E-state index contributed by atoms with van der Waals surface area (Å²) in [5.74, 6) is -0.114. The molecular weight excluding hydrogens is 769 g/mol. The van der Waals surface area contributed by atoms with Gasteiger partial charge in [0, 0.05) is 24.2 Å². The van der Waals surface area contributed by atoms with E-state index in [4.69, 9.17) is 0 Å². The van der Waals surface area contributed by atoms with Gasteiger partial charge in [0.1, 0.15) is 12.2 Å². The van der Waals surface area contributed by atoms with Crippen molar-refractivity contribution in [2.24, 2.45) is 0 Å². The van der Waals surface area contributed by atoms with Crippen molar-refractivity contribution in [1.82, 2.24) is 29.7 Å². The number of hydrogen-bond acceptors (Lipinski definition) is 7. The molecular formula is C48H50N8O5. The van der Waals surface area contributed by atoms with Crippen molar-refractivity contribution < 1.29 is 24.6 Å². The van der Waals surface area contributed by atoms with Gasteiger partial charge in [-0.3, -0.25) is 20.2 Å². The number of carbonyl (C=O) groups is 3. The fourth-order valence-corrected chi connectivity index (χ4v) is 8.23. The first kappa shape index (κ1) is 40.9. The van der Waals surface area contributed by atoms with Gasteiger partial charge in [0.15, 0.2) is 0 Å². The number of benzene rings is 5. The maximum absolute atomic E-state index is 15.3.